The first-order valence-corrected chi connectivity index (χ1v) is 8.41. The molecular formula is C15H11F3N4O2S. The van der Waals surface area contributed by atoms with E-state index in [-0.39, 0.29) is 16.4 Å². The van der Waals surface area contributed by atoms with Gasteiger partial charge in [-0.1, -0.05) is 6.07 Å². The highest BCUT2D eigenvalue weighted by molar-refractivity contribution is 7.89. The van der Waals surface area contributed by atoms with Gasteiger partial charge in [0.15, 0.2) is 0 Å². The van der Waals surface area contributed by atoms with Crippen molar-refractivity contribution in [1.82, 2.24) is 9.97 Å². The molecule has 3 aromatic rings. The Morgan fingerprint density at radius 3 is 2.32 bits per heavy atom. The molecule has 0 fully saturated rings. The highest BCUT2D eigenvalue weighted by Gasteiger charge is 2.30. The molecule has 0 saturated heterocycles. The number of hydrogen-bond acceptors (Lipinski definition) is 5. The van der Waals surface area contributed by atoms with Crippen LogP contribution in [-0.4, -0.2) is 18.4 Å². The second kappa shape index (κ2) is 5.97. The third-order valence-electron chi connectivity index (χ3n) is 3.35. The number of rotatable bonds is 3. The Hall–Kier alpha value is -2.72. The van der Waals surface area contributed by atoms with E-state index in [1.165, 1.54) is 36.5 Å². The fourth-order valence-corrected chi connectivity index (χ4v) is 2.63. The molecule has 1 aromatic heterocycles. The molecule has 3 N–H and O–H groups in total. The van der Waals surface area contributed by atoms with Gasteiger partial charge in [0.05, 0.1) is 16.0 Å². The summed E-state index contributed by atoms with van der Waals surface area (Å²) in [4.78, 5) is 8.01. The maximum atomic E-state index is 12.8. The van der Waals surface area contributed by atoms with E-state index in [4.69, 9.17) is 5.14 Å². The van der Waals surface area contributed by atoms with Crippen LogP contribution in [0.15, 0.2) is 53.6 Å². The summed E-state index contributed by atoms with van der Waals surface area (Å²) in [5, 5.41) is 8.26. The van der Waals surface area contributed by atoms with Crippen LogP contribution in [0.25, 0.3) is 10.9 Å². The number of hydrogen-bond donors (Lipinski definition) is 2. The number of nitrogens with one attached hydrogen (secondary N) is 1. The van der Waals surface area contributed by atoms with Gasteiger partial charge in [0.25, 0.3) is 0 Å². The topological polar surface area (TPSA) is 98.0 Å². The van der Waals surface area contributed by atoms with Gasteiger partial charge in [0.1, 0.15) is 0 Å². The highest BCUT2D eigenvalue weighted by atomic mass is 32.2. The fraction of sp³-hybridized carbons (Fsp3) is 0.0667. The third-order valence-corrected chi connectivity index (χ3v) is 4.28. The van der Waals surface area contributed by atoms with Crippen LogP contribution in [0.4, 0.5) is 24.8 Å². The number of fused-ring (bicyclic) bond motifs is 1. The van der Waals surface area contributed by atoms with E-state index in [0.717, 1.165) is 12.1 Å². The smallest absolute Gasteiger partial charge is 0.324 e. The zero-order valence-electron chi connectivity index (χ0n) is 12.4. The minimum absolute atomic E-state index is 0.0627. The van der Waals surface area contributed by atoms with Gasteiger partial charge in [-0.05, 0) is 36.4 Å². The summed E-state index contributed by atoms with van der Waals surface area (Å²) < 4.78 is 60.7. The molecule has 0 unspecified atom stereocenters. The first-order valence-electron chi connectivity index (χ1n) is 6.87. The standard InChI is InChI=1S/C15H11F3N4O2S/c16-15(17,18)10-2-1-9-8-20-14(22-13(9)7-10)21-11-3-5-12(6-4-11)25(19,23)24/h1-8H,(H2,19,23,24)(H,20,21,22). The molecule has 10 heteroatoms. The van der Waals surface area contributed by atoms with E-state index in [9.17, 15) is 21.6 Å². The van der Waals surface area contributed by atoms with Gasteiger partial charge in [-0.25, -0.2) is 23.5 Å². The monoisotopic (exact) mass is 368 g/mol. The van der Waals surface area contributed by atoms with Crippen LogP contribution < -0.4 is 10.5 Å². The van der Waals surface area contributed by atoms with Gasteiger partial charge >= 0.3 is 6.18 Å². The molecule has 0 atom stereocenters. The number of sulfonamides is 1. The lowest BCUT2D eigenvalue weighted by atomic mass is 10.1. The lowest BCUT2D eigenvalue weighted by Gasteiger charge is -2.09. The summed E-state index contributed by atoms with van der Waals surface area (Å²) in [6, 6.07) is 8.67. The number of benzene rings is 2. The summed E-state index contributed by atoms with van der Waals surface area (Å²) in [5.74, 6) is 0.0789. The molecule has 0 aliphatic carbocycles. The van der Waals surface area contributed by atoms with E-state index in [2.05, 4.69) is 15.3 Å². The van der Waals surface area contributed by atoms with Crippen molar-refractivity contribution in [2.24, 2.45) is 5.14 Å². The molecule has 6 nitrogen and oxygen atoms in total. The molecule has 2 aromatic carbocycles. The van der Waals surface area contributed by atoms with Crippen molar-refractivity contribution in [2.75, 3.05) is 5.32 Å². The fourth-order valence-electron chi connectivity index (χ4n) is 2.12. The van der Waals surface area contributed by atoms with Crippen molar-refractivity contribution in [3.63, 3.8) is 0 Å². The second-order valence-electron chi connectivity index (χ2n) is 5.16. The molecule has 0 radical (unpaired) electrons. The van der Waals surface area contributed by atoms with Gasteiger partial charge in [-0.15, -0.1) is 0 Å². The normalized spacial score (nSPS) is 12.3. The number of halogens is 3. The molecule has 0 bridgehead atoms. The van der Waals surface area contributed by atoms with E-state index in [1.807, 2.05) is 0 Å². The molecule has 0 aliphatic rings. The number of primary sulfonamides is 1. The van der Waals surface area contributed by atoms with Crippen LogP contribution >= 0.6 is 0 Å². The van der Waals surface area contributed by atoms with Crippen molar-refractivity contribution in [1.29, 1.82) is 0 Å². The number of aromatic nitrogens is 2. The summed E-state index contributed by atoms with van der Waals surface area (Å²) in [5.41, 5.74) is -0.214. The van der Waals surface area contributed by atoms with Crippen molar-refractivity contribution >= 4 is 32.6 Å². The average molecular weight is 368 g/mol. The number of nitrogens with zero attached hydrogens (tertiary/aromatic N) is 2. The van der Waals surface area contributed by atoms with Crippen LogP contribution in [0.5, 0.6) is 0 Å². The van der Waals surface area contributed by atoms with Crippen molar-refractivity contribution in [3.8, 4) is 0 Å². The molecule has 0 spiro atoms. The summed E-state index contributed by atoms with van der Waals surface area (Å²) in [6.45, 7) is 0. The Morgan fingerprint density at radius 2 is 1.72 bits per heavy atom. The average Bonchev–Trinajstić information content (AvgIpc) is 2.53. The predicted molar refractivity (Wildman–Crippen MR) is 85.6 cm³/mol. The Labute approximate surface area is 140 Å². The SMILES string of the molecule is NS(=O)(=O)c1ccc(Nc2ncc3ccc(C(F)(F)F)cc3n2)cc1. The van der Waals surface area contributed by atoms with Crippen LogP contribution in [0.2, 0.25) is 0 Å². The maximum absolute atomic E-state index is 12.8. The van der Waals surface area contributed by atoms with Gasteiger partial charge in [-0.2, -0.15) is 13.2 Å². The van der Waals surface area contributed by atoms with Gasteiger partial charge in [-0.3, -0.25) is 0 Å². The van der Waals surface area contributed by atoms with E-state index < -0.39 is 21.8 Å². The molecule has 3 rings (SSSR count). The molecule has 0 aliphatic heterocycles. The predicted octanol–water partition coefficient (Wildman–Crippen LogP) is 3.04. The van der Waals surface area contributed by atoms with E-state index >= 15 is 0 Å². The minimum atomic E-state index is -4.46. The molecule has 0 amide bonds. The van der Waals surface area contributed by atoms with E-state index in [0.29, 0.717) is 11.1 Å². The largest absolute Gasteiger partial charge is 0.416 e. The van der Waals surface area contributed by atoms with Crippen LogP contribution in [0, 0.1) is 0 Å². The zero-order chi connectivity index (χ0) is 18.2. The van der Waals surface area contributed by atoms with E-state index in [1.54, 1.807) is 0 Å². The van der Waals surface area contributed by atoms with Crippen LogP contribution in [-0.2, 0) is 16.2 Å². The Kier molecular flexibility index (Phi) is 4.09. The Morgan fingerprint density at radius 1 is 1.04 bits per heavy atom. The molecule has 1 heterocycles. The highest BCUT2D eigenvalue weighted by Crippen LogP contribution is 2.31. The number of alkyl halides is 3. The Bertz CT molecular complexity index is 1030. The second-order valence-corrected chi connectivity index (χ2v) is 6.72. The third kappa shape index (κ3) is 3.86. The molecule has 25 heavy (non-hydrogen) atoms. The lowest BCUT2D eigenvalue weighted by molar-refractivity contribution is -0.137. The molecular weight excluding hydrogens is 357 g/mol. The quantitative estimate of drug-likeness (QED) is 0.740. The lowest BCUT2D eigenvalue weighted by Crippen LogP contribution is -2.11. The van der Waals surface area contributed by atoms with Crippen LogP contribution in [0.1, 0.15) is 5.56 Å². The molecule has 0 saturated carbocycles. The van der Waals surface area contributed by atoms with Gasteiger partial charge in [0.2, 0.25) is 16.0 Å². The van der Waals surface area contributed by atoms with Crippen LogP contribution in [0.3, 0.4) is 0 Å². The van der Waals surface area contributed by atoms with Crippen molar-refractivity contribution in [3.05, 3.63) is 54.2 Å². The Balaban J connectivity index is 1.91. The van der Waals surface area contributed by atoms with Gasteiger partial charge < -0.3 is 5.32 Å². The minimum Gasteiger partial charge on any atom is -0.324 e. The summed E-state index contributed by atoms with van der Waals surface area (Å²) >= 11 is 0. The summed E-state index contributed by atoms with van der Waals surface area (Å²) in [6.07, 6.45) is -3.07. The zero-order valence-corrected chi connectivity index (χ0v) is 13.3. The first-order chi connectivity index (χ1) is 11.6. The van der Waals surface area contributed by atoms with Crippen molar-refractivity contribution < 1.29 is 21.6 Å². The number of anilines is 2. The molecule has 130 valence electrons. The van der Waals surface area contributed by atoms with Gasteiger partial charge in [0, 0.05) is 17.3 Å². The first kappa shape index (κ1) is 17.1. The summed E-state index contributed by atoms with van der Waals surface area (Å²) in [7, 11) is -3.81. The number of nitrogens with two attached hydrogens (primary N) is 1. The van der Waals surface area contributed by atoms with Crippen molar-refractivity contribution in [2.45, 2.75) is 11.1 Å². The maximum Gasteiger partial charge on any atom is 0.416 e.